The maximum absolute atomic E-state index is 12.4. The molecule has 0 saturated heterocycles. The highest BCUT2D eigenvalue weighted by Crippen LogP contribution is 2.39. The SMILES string of the molecule is COC(=O)c1c(O)c(C/C=C(\C)CCC=C(C)C)c(O)c(C=O)c1COC(=O)C(C)(C)C. The average molecular weight is 447 g/mol. The molecule has 0 unspecified atom stereocenters. The predicted octanol–water partition coefficient (Wildman–Crippen LogP) is 5.02. The Bertz CT molecular complexity index is 927. The summed E-state index contributed by atoms with van der Waals surface area (Å²) in [6.07, 6.45) is 6.05. The Kier molecular flexibility index (Phi) is 9.69. The van der Waals surface area contributed by atoms with Crippen molar-refractivity contribution >= 4 is 18.2 Å². The van der Waals surface area contributed by atoms with Crippen LogP contribution in [0.2, 0.25) is 0 Å². The number of hydrogen-bond acceptors (Lipinski definition) is 7. The number of carbonyl (C=O) groups excluding carboxylic acids is 3. The molecular weight excluding hydrogens is 412 g/mol. The number of hydrogen-bond donors (Lipinski definition) is 2. The fourth-order valence-electron chi connectivity index (χ4n) is 2.96. The van der Waals surface area contributed by atoms with Gasteiger partial charge in [-0.05, 0) is 60.8 Å². The lowest BCUT2D eigenvalue weighted by molar-refractivity contribution is -0.154. The summed E-state index contributed by atoms with van der Waals surface area (Å²) in [5.41, 5.74) is 0.818. The van der Waals surface area contributed by atoms with Gasteiger partial charge in [-0.2, -0.15) is 0 Å². The zero-order valence-corrected chi connectivity index (χ0v) is 20.0. The zero-order valence-electron chi connectivity index (χ0n) is 20.0. The van der Waals surface area contributed by atoms with Crippen LogP contribution in [0.5, 0.6) is 11.5 Å². The molecule has 0 aliphatic carbocycles. The summed E-state index contributed by atoms with van der Waals surface area (Å²) in [5.74, 6) is -2.43. The van der Waals surface area contributed by atoms with Gasteiger partial charge in [-0.15, -0.1) is 0 Å². The first-order valence-corrected chi connectivity index (χ1v) is 10.4. The molecule has 0 aromatic heterocycles. The van der Waals surface area contributed by atoms with Gasteiger partial charge < -0.3 is 19.7 Å². The van der Waals surface area contributed by atoms with E-state index in [1.165, 1.54) is 5.57 Å². The van der Waals surface area contributed by atoms with Crippen molar-refractivity contribution in [2.75, 3.05) is 7.11 Å². The van der Waals surface area contributed by atoms with Crippen LogP contribution in [0, 0.1) is 5.41 Å². The number of allylic oxidation sites excluding steroid dienone is 4. The molecule has 0 bridgehead atoms. The topological polar surface area (TPSA) is 110 Å². The van der Waals surface area contributed by atoms with Gasteiger partial charge in [-0.3, -0.25) is 9.59 Å². The van der Waals surface area contributed by atoms with Gasteiger partial charge in [0.1, 0.15) is 23.7 Å². The van der Waals surface area contributed by atoms with E-state index in [-0.39, 0.29) is 28.7 Å². The molecule has 0 amide bonds. The van der Waals surface area contributed by atoms with Crippen molar-refractivity contribution in [2.24, 2.45) is 5.41 Å². The number of benzene rings is 1. The van der Waals surface area contributed by atoms with E-state index >= 15 is 0 Å². The summed E-state index contributed by atoms with van der Waals surface area (Å²) in [4.78, 5) is 36.4. The van der Waals surface area contributed by atoms with Crippen molar-refractivity contribution in [3.8, 4) is 11.5 Å². The average Bonchev–Trinajstić information content (AvgIpc) is 2.70. The fourth-order valence-corrected chi connectivity index (χ4v) is 2.96. The molecule has 0 heterocycles. The van der Waals surface area contributed by atoms with Crippen molar-refractivity contribution in [2.45, 2.75) is 67.4 Å². The number of aldehydes is 1. The minimum absolute atomic E-state index is 0.0277. The molecule has 0 fully saturated rings. The van der Waals surface area contributed by atoms with Crippen LogP contribution in [0.1, 0.15) is 86.2 Å². The largest absolute Gasteiger partial charge is 0.507 e. The van der Waals surface area contributed by atoms with E-state index in [0.29, 0.717) is 6.29 Å². The van der Waals surface area contributed by atoms with E-state index in [1.807, 2.05) is 26.8 Å². The number of methoxy groups -OCH3 is 1. The van der Waals surface area contributed by atoms with E-state index in [1.54, 1.807) is 20.8 Å². The Balaban J connectivity index is 3.44. The normalized spacial score (nSPS) is 11.7. The van der Waals surface area contributed by atoms with Crippen molar-refractivity contribution in [3.05, 3.63) is 45.6 Å². The molecule has 1 rings (SSSR count). The summed E-state index contributed by atoms with van der Waals surface area (Å²) in [7, 11) is 1.13. The lowest BCUT2D eigenvalue weighted by Gasteiger charge is -2.20. The molecular formula is C25H34O7. The molecule has 0 atom stereocenters. The first-order valence-electron chi connectivity index (χ1n) is 10.4. The highest BCUT2D eigenvalue weighted by Gasteiger charge is 2.30. The van der Waals surface area contributed by atoms with Crippen molar-refractivity contribution in [1.82, 2.24) is 0 Å². The van der Waals surface area contributed by atoms with Crippen molar-refractivity contribution in [3.63, 3.8) is 0 Å². The molecule has 0 radical (unpaired) electrons. The van der Waals surface area contributed by atoms with Gasteiger partial charge in [0.05, 0.1) is 18.1 Å². The molecule has 2 N–H and O–H groups in total. The maximum atomic E-state index is 12.4. The van der Waals surface area contributed by atoms with Crippen LogP contribution in [0.3, 0.4) is 0 Å². The summed E-state index contributed by atoms with van der Waals surface area (Å²) in [6.45, 7) is 10.4. The number of esters is 2. The summed E-state index contributed by atoms with van der Waals surface area (Å²) in [6, 6.07) is 0. The molecule has 0 aliphatic heterocycles. The summed E-state index contributed by atoms with van der Waals surface area (Å²) >= 11 is 0. The Morgan fingerprint density at radius 1 is 1.00 bits per heavy atom. The lowest BCUT2D eigenvalue weighted by Crippen LogP contribution is -2.23. The number of phenols is 2. The molecule has 1 aromatic carbocycles. The van der Waals surface area contributed by atoms with Crippen LogP contribution >= 0.6 is 0 Å². The third-order valence-corrected chi connectivity index (χ3v) is 4.90. The first-order chi connectivity index (χ1) is 14.8. The monoisotopic (exact) mass is 446 g/mol. The standard InChI is InChI=1S/C25H34O7/c1-15(2)9-8-10-16(3)11-12-17-21(27)18(13-26)19(14-32-24(30)25(4,5)6)20(22(17)28)23(29)31-7/h9,11,13,27-28H,8,10,12,14H2,1-7H3/b16-11+. The zero-order chi connectivity index (χ0) is 24.6. The van der Waals surface area contributed by atoms with Gasteiger partial charge in [0.2, 0.25) is 0 Å². The molecule has 7 heteroatoms. The van der Waals surface area contributed by atoms with Gasteiger partial charge in [-0.25, -0.2) is 4.79 Å². The summed E-state index contributed by atoms with van der Waals surface area (Å²) in [5, 5.41) is 21.5. The van der Waals surface area contributed by atoms with Crippen LogP contribution in [0.25, 0.3) is 0 Å². The first kappa shape index (κ1) is 26.9. The number of phenolic OH excluding ortho intramolecular Hbond substituents is 2. The van der Waals surface area contributed by atoms with Crippen LogP contribution in [-0.4, -0.2) is 35.5 Å². The highest BCUT2D eigenvalue weighted by atomic mass is 16.5. The molecule has 0 aliphatic rings. The second-order valence-electron chi connectivity index (χ2n) is 8.95. The van der Waals surface area contributed by atoms with E-state index < -0.39 is 35.5 Å². The van der Waals surface area contributed by atoms with E-state index in [9.17, 15) is 24.6 Å². The number of carbonyl (C=O) groups is 3. The highest BCUT2D eigenvalue weighted by molar-refractivity contribution is 5.99. The Labute approximate surface area is 189 Å². The van der Waals surface area contributed by atoms with Crippen LogP contribution in [0.4, 0.5) is 0 Å². The van der Waals surface area contributed by atoms with Crippen molar-refractivity contribution in [1.29, 1.82) is 0 Å². The number of aromatic hydroxyl groups is 2. The Hall–Kier alpha value is -3.09. The third kappa shape index (κ3) is 6.97. The molecule has 0 spiro atoms. The molecule has 0 saturated carbocycles. The van der Waals surface area contributed by atoms with Crippen LogP contribution in [-0.2, 0) is 27.3 Å². The fraction of sp³-hybridized carbons (Fsp3) is 0.480. The minimum Gasteiger partial charge on any atom is -0.507 e. The quantitative estimate of drug-likeness (QED) is 0.311. The van der Waals surface area contributed by atoms with Gasteiger partial charge in [0.25, 0.3) is 0 Å². The number of rotatable bonds is 9. The van der Waals surface area contributed by atoms with E-state index in [0.717, 1.165) is 25.5 Å². The van der Waals surface area contributed by atoms with Gasteiger partial charge in [0, 0.05) is 11.1 Å². The van der Waals surface area contributed by atoms with Crippen molar-refractivity contribution < 1.29 is 34.1 Å². The van der Waals surface area contributed by atoms with E-state index in [2.05, 4.69) is 6.08 Å². The molecule has 176 valence electrons. The maximum Gasteiger partial charge on any atom is 0.342 e. The third-order valence-electron chi connectivity index (χ3n) is 4.90. The molecule has 7 nitrogen and oxygen atoms in total. The van der Waals surface area contributed by atoms with Gasteiger partial charge in [-0.1, -0.05) is 23.3 Å². The van der Waals surface area contributed by atoms with E-state index in [4.69, 9.17) is 9.47 Å². The van der Waals surface area contributed by atoms with Gasteiger partial charge in [0.15, 0.2) is 6.29 Å². The Morgan fingerprint density at radius 2 is 1.62 bits per heavy atom. The second-order valence-corrected chi connectivity index (χ2v) is 8.95. The lowest BCUT2D eigenvalue weighted by atomic mass is 9.93. The minimum atomic E-state index is -0.905. The van der Waals surface area contributed by atoms with Crippen LogP contribution in [0.15, 0.2) is 23.3 Å². The predicted molar refractivity (Wildman–Crippen MR) is 122 cm³/mol. The van der Waals surface area contributed by atoms with Gasteiger partial charge >= 0.3 is 11.9 Å². The number of ether oxygens (including phenoxy) is 2. The summed E-state index contributed by atoms with van der Waals surface area (Å²) < 4.78 is 10.0. The molecule has 1 aromatic rings. The van der Waals surface area contributed by atoms with Crippen LogP contribution < -0.4 is 0 Å². The smallest absolute Gasteiger partial charge is 0.342 e. The Morgan fingerprint density at radius 3 is 2.12 bits per heavy atom. The molecule has 32 heavy (non-hydrogen) atoms. The second kappa shape index (κ2) is 11.5.